The summed E-state index contributed by atoms with van der Waals surface area (Å²) in [6.45, 7) is 2.23. The normalized spacial score (nSPS) is 28.3. The molecular weight excluding hydrogens is 432 g/mol. The number of phenols is 5. The lowest BCUT2D eigenvalue weighted by Gasteiger charge is -2.54. The monoisotopic (exact) mass is 468 g/mol. The van der Waals surface area contributed by atoms with E-state index < -0.39 is 11.4 Å². The van der Waals surface area contributed by atoms with E-state index in [1.54, 1.807) is 6.07 Å². The zero-order valence-corrected chi connectivity index (χ0v) is 19.9. The quantitative estimate of drug-likeness (QED) is 0.338. The second-order valence-electron chi connectivity index (χ2n) is 10.9. The van der Waals surface area contributed by atoms with Gasteiger partial charge in [-0.1, -0.05) is 51.5 Å². The molecule has 5 rings (SSSR count). The minimum atomic E-state index is -1.01. The van der Waals surface area contributed by atoms with Crippen molar-refractivity contribution in [3.63, 3.8) is 0 Å². The number of phenolic OH excluding ortho intramolecular Hbond substituents is 5. The van der Waals surface area contributed by atoms with E-state index in [0.29, 0.717) is 17.9 Å². The fourth-order valence-corrected chi connectivity index (χ4v) is 7.15. The van der Waals surface area contributed by atoms with E-state index in [0.717, 1.165) is 63.4 Å². The average molecular weight is 469 g/mol. The van der Waals surface area contributed by atoms with Crippen LogP contribution >= 0.6 is 0 Å². The molecule has 2 fully saturated rings. The Morgan fingerprint density at radius 3 is 1.79 bits per heavy atom. The van der Waals surface area contributed by atoms with E-state index in [-0.39, 0.29) is 40.1 Å². The Kier molecular flexibility index (Phi) is 5.73. The maximum Gasteiger partial charge on any atom is 0.200 e. The molecule has 34 heavy (non-hydrogen) atoms. The van der Waals surface area contributed by atoms with Crippen LogP contribution in [0.1, 0.15) is 88.7 Å². The summed E-state index contributed by atoms with van der Waals surface area (Å²) in [7, 11) is 0. The van der Waals surface area contributed by atoms with Crippen molar-refractivity contribution in [3.8, 4) is 34.5 Å². The first-order valence-electron chi connectivity index (χ1n) is 12.8. The number of rotatable bonds is 3. The zero-order valence-electron chi connectivity index (χ0n) is 19.9. The van der Waals surface area contributed by atoms with Gasteiger partial charge in [0.15, 0.2) is 23.0 Å². The molecule has 2 aromatic carbocycles. The van der Waals surface area contributed by atoms with Gasteiger partial charge in [0.2, 0.25) is 11.5 Å². The van der Waals surface area contributed by atoms with Gasteiger partial charge in [-0.2, -0.15) is 0 Å². The van der Waals surface area contributed by atoms with Gasteiger partial charge in [-0.05, 0) is 49.8 Å². The topological polar surface area (TPSA) is 110 Å². The lowest BCUT2D eigenvalue weighted by atomic mass is 9.56. The fraction of sp³-hybridized carbons (Fsp3) is 0.571. The molecule has 6 nitrogen and oxygen atoms in total. The first-order valence-corrected chi connectivity index (χ1v) is 12.8. The highest BCUT2D eigenvalue weighted by atomic mass is 16.5. The smallest absolute Gasteiger partial charge is 0.200 e. The number of fused-ring (bicyclic) bond motifs is 1. The van der Waals surface area contributed by atoms with Crippen LogP contribution in [0.5, 0.6) is 34.5 Å². The van der Waals surface area contributed by atoms with E-state index in [2.05, 4.69) is 6.92 Å². The lowest BCUT2D eigenvalue weighted by Crippen LogP contribution is -2.52. The SMILES string of the molecule is CC1(C2CCCCC2)CC(c2ccc(O)c(O)c2O)(C2CCCCC2)Oc2c1ccc(O)c2O. The predicted molar refractivity (Wildman–Crippen MR) is 129 cm³/mol. The third-order valence-electron chi connectivity index (χ3n) is 9.00. The molecule has 6 heteroatoms. The third kappa shape index (κ3) is 3.45. The van der Waals surface area contributed by atoms with Crippen molar-refractivity contribution in [2.75, 3.05) is 0 Å². The highest BCUT2D eigenvalue weighted by Crippen LogP contribution is 2.63. The Balaban J connectivity index is 1.76. The van der Waals surface area contributed by atoms with Gasteiger partial charge in [0.05, 0.1) is 0 Å². The van der Waals surface area contributed by atoms with Gasteiger partial charge in [-0.15, -0.1) is 0 Å². The summed E-state index contributed by atoms with van der Waals surface area (Å²) in [5, 5.41) is 53.0. The summed E-state index contributed by atoms with van der Waals surface area (Å²) >= 11 is 0. The highest BCUT2D eigenvalue weighted by molar-refractivity contribution is 5.61. The number of benzene rings is 2. The van der Waals surface area contributed by atoms with Crippen LogP contribution in [0.2, 0.25) is 0 Å². The first-order chi connectivity index (χ1) is 16.3. The van der Waals surface area contributed by atoms with Crippen molar-refractivity contribution in [3.05, 3.63) is 35.4 Å². The van der Waals surface area contributed by atoms with Gasteiger partial charge in [-0.3, -0.25) is 0 Å². The maximum absolute atomic E-state index is 11.1. The Labute approximate surface area is 200 Å². The molecule has 2 atom stereocenters. The number of aromatic hydroxyl groups is 5. The minimum Gasteiger partial charge on any atom is -0.504 e. The van der Waals surface area contributed by atoms with E-state index in [9.17, 15) is 25.5 Å². The van der Waals surface area contributed by atoms with Crippen molar-refractivity contribution >= 4 is 0 Å². The van der Waals surface area contributed by atoms with E-state index in [1.807, 2.05) is 6.07 Å². The minimum absolute atomic E-state index is 0.0499. The van der Waals surface area contributed by atoms with Crippen LogP contribution < -0.4 is 4.74 Å². The predicted octanol–water partition coefficient (Wildman–Crippen LogP) is 6.31. The van der Waals surface area contributed by atoms with Crippen LogP contribution in [0.15, 0.2) is 24.3 Å². The average Bonchev–Trinajstić information content (AvgIpc) is 2.86. The molecule has 5 N–H and O–H groups in total. The molecule has 2 unspecified atom stereocenters. The Morgan fingerprint density at radius 2 is 1.18 bits per heavy atom. The van der Waals surface area contributed by atoms with Crippen LogP contribution in [0, 0.1) is 11.8 Å². The summed E-state index contributed by atoms with van der Waals surface area (Å²) in [5.74, 6) is -1.13. The van der Waals surface area contributed by atoms with Crippen molar-refractivity contribution in [2.45, 2.75) is 88.6 Å². The summed E-state index contributed by atoms with van der Waals surface area (Å²) in [6, 6.07) is 6.45. The molecule has 184 valence electrons. The van der Waals surface area contributed by atoms with Crippen molar-refractivity contribution in [1.29, 1.82) is 0 Å². The molecule has 3 aliphatic rings. The van der Waals surface area contributed by atoms with Crippen LogP contribution in [0.25, 0.3) is 0 Å². The van der Waals surface area contributed by atoms with Gasteiger partial charge in [0, 0.05) is 28.9 Å². The molecule has 0 aromatic heterocycles. The molecular formula is C28H36O6. The van der Waals surface area contributed by atoms with Crippen LogP contribution in [-0.2, 0) is 11.0 Å². The van der Waals surface area contributed by atoms with Crippen molar-refractivity contribution in [1.82, 2.24) is 0 Å². The highest BCUT2D eigenvalue weighted by Gasteiger charge is 2.56. The Hall–Kier alpha value is -2.76. The molecule has 0 radical (unpaired) electrons. The van der Waals surface area contributed by atoms with Gasteiger partial charge < -0.3 is 30.3 Å². The van der Waals surface area contributed by atoms with Crippen molar-refractivity contribution in [2.24, 2.45) is 11.8 Å². The van der Waals surface area contributed by atoms with Gasteiger partial charge in [0.25, 0.3) is 0 Å². The summed E-state index contributed by atoms with van der Waals surface area (Å²) in [5.41, 5.74) is -0.0507. The van der Waals surface area contributed by atoms with Crippen LogP contribution in [0.3, 0.4) is 0 Å². The van der Waals surface area contributed by atoms with E-state index in [1.165, 1.54) is 18.6 Å². The van der Waals surface area contributed by atoms with Gasteiger partial charge in [0.1, 0.15) is 5.60 Å². The van der Waals surface area contributed by atoms with E-state index >= 15 is 0 Å². The fourth-order valence-electron chi connectivity index (χ4n) is 7.15. The molecule has 2 aromatic rings. The summed E-state index contributed by atoms with van der Waals surface area (Å²) in [4.78, 5) is 0. The maximum atomic E-state index is 11.1. The Bertz CT molecular complexity index is 1070. The van der Waals surface area contributed by atoms with Gasteiger partial charge in [-0.25, -0.2) is 0 Å². The van der Waals surface area contributed by atoms with E-state index in [4.69, 9.17) is 4.74 Å². The van der Waals surface area contributed by atoms with Gasteiger partial charge >= 0.3 is 0 Å². The molecule has 0 saturated heterocycles. The largest absolute Gasteiger partial charge is 0.504 e. The molecule has 0 spiro atoms. The first kappa shape index (κ1) is 23.0. The molecule has 1 aliphatic heterocycles. The van der Waals surface area contributed by atoms with Crippen LogP contribution in [0.4, 0.5) is 0 Å². The lowest BCUT2D eigenvalue weighted by molar-refractivity contribution is -0.0697. The second-order valence-corrected chi connectivity index (χ2v) is 10.9. The number of hydrogen-bond donors (Lipinski definition) is 5. The second kappa shape index (κ2) is 8.47. The molecule has 2 aliphatic carbocycles. The standard InChI is InChI=1S/C28H36O6/c1-27(17-8-4-2-5-9-17)16-28(18-10-6-3-7-11-18,19-12-14-21(29)24(32)23(19)31)34-26-20(27)13-15-22(30)25(26)33/h12-15,17-18,29-33H,2-11,16H2,1H3. The number of hydrogen-bond acceptors (Lipinski definition) is 6. The van der Waals surface area contributed by atoms with Crippen LogP contribution in [-0.4, -0.2) is 25.5 Å². The molecule has 0 amide bonds. The summed E-state index contributed by atoms with van der Waals surface area (Å²) in [6.07, 6.45) is 11.3. The zero-order chi connectivity index (χ0) is 24.1. The third-order valence-corrected chi connectivity index (χ3v) is 9.00. The molecule has 2 saturated carbocycles. The Morgan fingerprint density at radius 1 is 0.647 bits per heavy atom. The van der Waals surface area contributed by atoms with Crippen molar-refractivity contribution < 1.29 is 30.3 Å². The molecule has 1 heterocycles. The molecule has 0 bridgehead atoms. The number of ether oxygens (including phenoxy) is 1. The summed E-state index contributed by atoms with van der Waals surface area (Å²) < 4.78 is 6.76.